The largest absolute Gasteiger partial charge is 0.496 e. The zero-order valence-corrected chi connectivity index (χ0v) is 11.0. The van der Waals surface area contributed by atoms with E-state index in [0.29, 0.717) is 0 Å². The molecular weight excluding hydrogens is 228 g/mol. The number of amides is 1. The number of likely N-dealkylation sites (N-methyl/N-ethyl adjacent to an activating group) is 1. The number of nitrogens with zero attached hydrogens (tertiary/aromatic N) is 1. The lowest BCUT2D eigenvalue weighted by Crippen LogP contribution is -2.37. The van der Waals surface area contributed by atoms with E-state index in [9.17, 15) is 4.79 Å². The first-order valence-corrected chi connectivity index (χ1v) is 6.32. The van der Waals surface area contributed by atoms with Crippen molar-refractivity contribution in [2.24, 2.45) is 0 Å². The topological polar surface area (TPSA) is 41.6 Å². The Morgan fingerprint density at radius 2 is 2.22 bits per heavy atom. The van der Waals surface area contributed by atoms with Crippen LogP contribution in [0.5, 0.6) is 5.75 Å². The van der Waals surface area contributed by atoms with Crippen LogP contribution in [0.1, 0.15) is 12.0 Å². The van der Waals surface area contributed by atoms with E-state index in [2.05, 4.69) is 11.4 Å². The van der Waals surface area contributed by atoms with Crippen LogP contribution >= 0.6 is 0 Å². The number of hydrogen-bond donors (Lipinski definition) is 1. The Kier molecular flexibility index (Phi) is 4.20. The van der Waals surface area contributed by atoms with E-state index in [4.69, 9.17) is 4.74 Å². The minimum Gasteiger partial charge on any atom is -0.496 e. The second kappa shape index (κ2) is 5.87. The van der Waals surface area contributed by atoms with Gasteiger partial charge in [0.05, 0.1) is 13.2 Å². The van der Waals surface area contributed by atoms with Crippen LogP contribution < -0.4 is 10.1 Å². The van der Waals surface area contributed by atoms with Crippen LogP contribution in [0.4, 0.5) is 0 Å². The van der Waals surface area contributed by atoms with Crippen molar-refractivity contribution in [1.29, 1.82) is 0 Å². The summed E-state index contributed by atoms with van der Waals surface area (Å²) in [6.07, 6.45) is 1.78. The molecule has 1 aliphatic heterocycles. The quantitative estimate of drug-likeness (QED) is 0.847. The molecule has 1 amide bonds. The molecule has 1 saturated heterocycles. The number of nitrogens with one attached hydrogen (secondary N) is 1. The Labute approximate surface area is 108 Å². The molecule has 1 aliphatic rings. The zero-order valence-electron chi connectivity index (χ0n) is 11.0. The maximum atomic E-state index is 11.7. The molecule has 1 aromatic carbocycles. The van der Waals surface area contributed by atoms with Crippen molar-refractivity contribution in [3.63, 3.8) is 0 Å². The molecule has 1 heterocycles. The summed E-state index contributed by atoms with van der Waals surface area (Å²) in [6, 6.07) is 7.98. The Morgan fingerprint density at radius 3 is 2.89 bits per heavy atom. The van der Waals surface area contributed by atoms with Gasteiger partial charge in [0.2, 0.25) is 5.91 Å². The van der Waals surface area contributed by atoms with Gasteiger partial charge in [0.1, 0.15) is 5.75 Å². The van der Waals surface area contributed by atoms with Crippen molar-refractivity contribution in [3.05, 3.63) is 29.8 Å². The number of para-hydroxylation sites is 1. The summed E-state index contributed by atoms with van der Waals surface area (Å²) in [5.74, 6) is 1.11. The van der Waals surface area contributed by atoms with Gasteiger partial charge in [-0.05, 0) is 24.5 Å². The van der Waals surface area contributed by atoms with E-state index in [1.807, 2.05) is 25.2 Å². The minimum absolute atomic E-state index is 0.00953. The van der Waals surface area contributed by atoms with Gasteiger partial charge in [-0.15, -0.1) is 0 Å². The molecule has 2 rings (SSSR count). The predicted octanol–water partition coefficient (Wildman–Crippen LogP) is 1.06. The SMILES string of the molecule is COc1ccccc1CCNC1CCN(C)C1=O. The number of carbonyl (C=O) groups is 1. The van der Waals surface area contributed by atoms with Gasteiger partial charge in [0, 0.05) is 20.1 Å². The molecule has 0 radical (unpaired) electrons. The summed E-state index contributed by atoms with van der Waals surface area (Å²) in [5, 5.41) is 3.31. The third-order valence-electron chi connectivity index (χ3n) is 3.41. The van der Waals surface area contributed by atoms with Crippen LogP contribution in [-0.2, 0) is 11.2 Å². The summed E-state index contributed by atoms with van der Waals surface area (Å²) in [6.45, 7) is 1.65. The predicted molar refractivity (Wildman–Crippen MR) is 70.7 cm³/mol. The highest BCUT2D eigenvalue weighted by Crippen LogP contribution is 2.17. The fourth-order valence-corrected chi connectivity index (χ4v) is 2.30. The van der Waals surface area contributed by atoms with Crippen LogP contribution in [0, 0.1) is 0 Å². The lowest BCUT2D eigenvalue weighted by Gasteiger charge is -2.13. The van der Waals surface area contributed by atoms with Gasteiger partial charge in [-0.1, -0.05) is 18.2 Å². The lowest BCUT2D eigenvalue weighted by molar-refractivity contribution is -0.128. The average Bonchev–Trinajstić information content (AvgIpc) is 2.71. The molecule has 1 N–H and O–H groups in total. The van der Waals surface area contributed by atoms with Gasteiger partial charge in [0.25, 0.3) is 0 Å². The minimum atomic E-state index is -0.00953. The van der Waals surface area contributed by atoms with Crippen LogP contribution in [0.15, 0.2) is 24.3 Å². The molecule has 1 unspecified atom stereocenters. The van der Waals surface area contributed by atoms with Gasteiger partial charge >= 0.3 is 0 Å². The number of likely N-dealkylation sites (tertiary alicyclic amines) is 1. The number of rotatable bonds is 5. The van der Waals surface area contributed by atoms with E-state index in [-0.39, 0.29) is 11.9 Å². The number of carbonyl (C=O) groups excluding carboxylic acids is 1. The van der Waals surface area contributed by atoms with Crippen molar-refractivity contribution in [2.45, 2.75) is 18.9 Å². The number of hydrogen-bond acceptors (Lipinski definition) is 3. The molecule has 4 nitrogen and oxygen atoms in total. The maximum Gasteiger partial charge on any atom is 0.239 e. The van der Waals surface area contributed by atoms with Crippen LogP contribution in [0.2, 0.25) is 0 Å². The van der Waals surface area contributed by atoms with Crippen LogP contribution in [-0.4, -0.2) is 44.1 Å². The third kappa shape index (κ3) is 2.82. The van der Waals surface area contributed by atoms with E-state index < -0.39 is 0 Å². The molecule has 0 spiro atoms. The first-order valence-electron chi connectivity index (χ1n) is 6.32. The molecule has 0 bridgehead atoms. The normalized spacial score (nSPS) is 19.3. The van der Waals surface area contributed by atoms with E-state index >= 15 is 0 Å². The Balaban J connectivity index is 1.83. The summed E-state index contributed by atoms with van der Waals surface area (Å²) in [7, 11) is 3.53. The summed E-state index contributed by atoms with van der Waals surface area (Å²) in [5.41, 5.74) is 1.17. The van der Waals surface area contributed by atoms with Crippen molar-refractivity contribution in [3.8, 4) is 5.75 Å². The Morgan fingerprint density at radius 1 is 1.44 bits per heavy atom. The van der Waals surface area contributed by atoms with Crippen LogP contribution in [0.3, 0.4) is 0 Å². The smallest absolute Gasteiger partial charge is 0.239 e. The van der Waals surface area contributed by atoms with E-state index in [0.717, 1.165) is 31.7 Å². The molecule has 1 fully saturated rings. The number of ether oxygens (including phenoxy) is 1. The molecule has 98 valence electrons. The average molecular weight is 248 g/mol. The third-order valence-corrected chi connectivity index (χ3v) is 3.41. The highest BCUT2D eigenvalue weighted by atomic mass is 16.5. The van der Waals surface area contributed by atoms with Gasteiger partial charge < -0.3 is 15.0 Å². The maximum absolute atomic E-state index is 11.7. The van der Waals surface area contributed by atoms with Gasteiger partial charge in [-0.2, -0.15) is 0 Å². The molecule has 18 heavy (non-hydrogen) atoms. The molecular formula is C14H20N2O2. The second-order valence-corrected chi connectivity index (χ2v) is 4.62. The highest BCUT2D eigenvalue weighted by Gasteiger charge is 2.27. The monoisotopic (exact) mass is 248 g/mol. The van der Waals surface area contributed by atoms with Crippen molar-refractivity contribution in [1.82, 2.24) is 10.2 Å². The van der Waals surface area contributed by atoms with Gasteiger partial charge in [0.15, 0.2) is 0 Å². The molecule has 1 atom stereocenters. The van der Waals surface area contributed by atoms with Crippen LogP contribution in [0.25, 0.3) is 0 Å². The molecule has 0 saturated carbocycles. The van der Waals surface area contributed by atoms with Crippen molar-refractivity contribution >= 4 is 5.91 Å². The van der Waals surface area contributed by atoms with Gasteiger partial charge in [-0.3, -0.25) is 4.79 Å². The first kappa shape index (κ1) is 12.9. The lowest BCUT2D eigenvalue weighted by atomic mass is 10.1. The van der Waals surface area contributed by atoms with E-state index in [1.54, 1.807) is 12.0 Å². The molecule has 4 heteroatoms. The molecule has 0 aromatic heterocycles. The Bertz CT molecular complexity index is 420. The highest BCUT2D eigenvalue weighted by molar-refractivity contribution is 5.83. The summed E-state index contributed by atoms with van der Waals surface area (Å²) < 4.78 is 5.30. The fourth-order valence-electron chi connectivity index (χ4n) is 2.30. The van der Waals surface area contributed by atoms with Gasteiger partial charge in [-0.25, -0.2) is 0 Å². The fraction of sp³-hybridized carbons (Fsp3) is 0.500. The number of methoxy groups -OCH3 is 1. The zero-order chi connectivity index (χ0) is 13.0. The molecule has 0 aliphatic carbocycles. The molecule has 1 aromatic rings. The standard InChI is InChI=1S/C14H20N2O2/c1-16-10-8-12(14(16)17)15-9-7-11-5-3-4-6-13(11)18-2/h3-6,12,15H,7-10H2,1-2H3. The van der Waals surface area contributed by atoms with Crippen molar-refractivity contribution < 1.29 is 9.53 Å². The number of benzene rings is 1. The Hall–Kier alpha value is -1.55. The first-order chi connectivity index (χ1) is 8.72. The summed E-state index contributed by atoms with van der Waals surface area (Å²) in [4.78, 5) is 13.5. The van der Waals surface area contributed by atoms with Crippen molar-refractivity contribution in [2.75, 3.05) is 27.2 Å². The second-order valence-electron chi connectivity index (χ2n) is 4.62. The summed E-state index contributed by atoms with van der Waals surface area (Å²) >= 11 is 0. The van der Waals surface area contributed by atoms with E-state index in [1.165, 1.54) is 5.56 Å².